The van der Waals surface area contributed by atoms with Gasteiger partial charge in [-0.2, -0.15) is 0 Å². The van der Waals surface area contributed by atoms with Gasteiger partial charge in [0.05, 0.1) is 0 Å². The van der Waals surface area contributed by atoms with Crippen LogP contribution >= 0.6 is 15.9 Å². The van der Waals surface area contributed by atoms with Crippen molar-refractivity contribution in [2.24, 2.45) is 5.92 Å². The van der Waals surface area contributed by atoms with Crippen molar-refractivity contribution in [3.8, 4) is 0 Å². The van der Waals surface area contributed by atoms with Crippen LogP contribution in [0.1, 0.15) is 51.3 Å². The first-order chi connectivity index (χ1) is 8.15. The first-order valence-electron chi connectivity index (χ1n) is 6.43. The quantitative estimate of drug-likeness (QED) is 0.855. The Bertz CT molecular complexity index is 373. The number of aromatic nitrogens is 2. The van der Waals surface area contributed by atoms with Crippen LogP contribution in [0.4, 0.5) is 5.82 Å². The number of hydrogen-bond acceptors (Lipinski definition) is 3. The number of nitrogens with one attached hydrogen (secondary N) is 1. The van der Waals surface area contributed by atoms with Crippen LogP contribution in [0.25, 0.3) is 0 Å². The molecule has 1 N–H and O–H groups in total. The van der Waals surface area contributed by atoms with Gasteiger partial charge in [0.1, 0.15) is 16.2 Å². The Morgan fingerprint density at radius 3 is 2.71 bits per heavy atom. The normalized spacial score (nSPS) is 16.7. The van der Waals surface area contributed by atoms with Gasteiger partial charge in [-0.1, -0.05) is 26.7 Å². The lowest BCUT2D eigenvalue weighted by Crippen LogP contribution is -2.13. The molecule has 1 fully saturated rings. The molecule has 1 heterocycles. The molecule has 0 spiro atoms. The molecule has 1 aliphatic carbocycles. The molecule has 0 atom stereocenters. The fourth-order valence-electron chi connectivity index (χ4n) is 2.25. The van der Waals surface area contributed by atoms with E-state index in [2.05, 4.69) is 45.1 Å². The third-order valence-corrected chi connectivity index (χ3v) is 3.68. The molecule has 1 aromatic heterocycles. The molecule has 94 valence electrons. The zero-order valence-corrected chi connectivity index (χ0v) is 12.1. The summed E-state index contributed by atoms with van der Waals surface area (Å²) in [5.41, 5.74) is 0. The Morgan fingerprint density at radius 2 is 2.06 bits per heavy atom. The van der Waals surface area contributed by atoms with Crippen LogP contribution in [0.5, 0.6) is 0 Å². The molecule has 0 amide bonds. The van der Waals surface area contributed by atoms with Crippen molar-refractivity contribution in [2.45, 2.75) is 45.4 Å². The van der Waals surface area contributed by atoms with Crippen molar-refractivity contribution in [2.75, 3.05) is 11.9 Å². The second kappa shape index (κ2) is 5.80. The molecule has 0 saturated heterocycles. The van der Waals surface area contributed by atoms with Gasteiger partial charge in [-0.05, 0) is 34.7 Å². The maximum Gasteiger partial charge on any atom is 0.134 e. The van der Waals surface area contributed by atoms with Crippen LogP contribution in [0.2, 0.25) is 0 Å². The topological polar surface area (TPSA) is 37.8 Å². The average molecular weight is 298 g/mol. The fourth-order valence-corrected chi connectivity index (χ4v) is 2.65. The van der Waals surface area contributed by atoms with Gasteiger partial charge in [0, 0.05) is 18.5 Å². The predicted molar refractivity (Wildman–Crippen MR) is 74.3 cm³/mol. The van der Waals surface area contributed by atoms with E-state index in [1.165, 1.54) is 25.7 Å². The molecular weight excluding hydrogens is 278 g/mol. The van der Waals surface area contributed by atoms with Crippen LogP contribution in [-0.4, -0.2) is 16.5 Å². The molecule has 17 heavy (non-hydrogen) atoms. The number of hydrogen-bond donors (Lipinski definition) is 1. The van der Waals surface area contributed by atoms with E-state index >= 15 is 0 Å². The molecule has 4 heteroatoms. The maximum absolute atomic E-state index is 4.54. The standard InChI is InChI=1S/C13H20BrN3/c1-9(2)13-16-11(14)7-12(17-13)15-8-10-5-3-4-6-10/h7,9-10H,3-6,8H2,1-2H3,(H,15,16,17). The summed E-state index contributed by atoms with van der Waals surface area (Å²) in [6.07, 6.45) is 5.49. The second-order valence-electron chi connectivity index (χ2n) is 5.12. The minimum absolute atomic E-state index is 0.361. The molecule has 0 aliphatic heterocycles. The smallest absolute Gasteiger partial charge is 0.134 e. The van der Waals surface area contributed by atoms with Crippen LogP contribution in [-0.2, 0) is 0 Å². The van der Waals surface area contributed by atoms with Crippen molar-refractivity contribution in [3.63, 3.8) is 0 Å². The SMILES string of the molecule is CC(C)c1nc(Br)cc(NCC2CCCC2)n1. The number of halogens is 1. The first kappa shape index (κ1) is 12.8. The van der Waals surface area contributed by atoms with Gasteiger partial charge in [-0.3, -0.25) is 0 Å². The van der Waals surface area contributed by atoms with E-state index in [0.29, 0.717) is 5.92 Å². The molecule has 1 aromatic rings. The largest absolute Gasteiger partial charge is 0.370 e. The highest BCUT2D eigenvalue weighted by Crippen LogP contribution is 2.25. The van der Waals surface area contributed by atoms with Gasteiger partial charge < -0.3 is 5.32 Å². The maximum atomic E-state index is 4.54. The second-order valence-corrected chi connectivity index (χ2v) is 5.93. The number of rotatable bonds is 4. The molecule has 1 saturated carbocycles. The lowest BCUT2D eigenvalue weighted by atomic mass is 10.1. The predicted octanol–water partition coefficient (Wildman–Crippen LogP) is 3.96. The van der Waals surface area contributed by atoms with Gasteiger partial charge >= 0.3 is 0 Å². The summed E-state index contributed by atoms with van der Waals surface area (Å²) in [7, 11) is 0. The van der Waals surface area contributed by atoms with Crippen LogP contribution in [0, 0.1) is 5.92 Å². The Hall–Kier alpha value is -0.640. The highest BCUT2D eigenvalue weighted by molar-refractivity contribution is 9.10. The molecular formula is C13H20BrN3. The number of nitrogens with zero attached hydrogens (tertiary/aromatic N) is 2. The van der Waals surface area contributed by atoms with Crippen molar-refractivity contribution < 1.29 is 0 Å². The van der Waals surface area contributed by atoms with Crippen LogP contribution in [0.15, 0.2) is 10.7 Å². The van der Waals surface area contributed by atoms with Crippen molar-refractivity contribution in [1.82, 2.24) is 9.97 Å². The van der Waals surface area contributed by atoms with E-state index in [-0.39, 0.29) is 0 Å². The first-order valence-corrected chi connectivity index (χ1v) is 7.23. The Morgan fingerprint density at radius 1 is 1.35 bits per heavy atom. The lowest BCUT2D eigenvalue weighted by Gasteiger charge is -2.13. The fraction of sp³-hybridized carbons (Fsp3) is 0.692. The Kier molecular flexibility index (Phi) is 4.37. The summed E-state index contributed by atoms with van der Waals surface area (Å²) in [6.45, 7) is 5.27. The zero-order valence-electron chi connectivity index (χ0n) is 10.5. The minimum atomic E-state index is 0.361. The van der Waals surface area contributed by atoms with E-state index < -0.39 is 0 Å². The Labute approximate surface area is 112 Å². The molecule has 2 rings (SSSR count). The Balaban J connectivity index is 1.99. The van der Waals surface area contributed by atoms with Gasteiger partial charge in [0.25, 0.3) is 0 Å². The molecule has 0 unspecified atom stereocenters. The summed E-state index contributed by atoms with van der Waals surface area (Å²) in [4.78, 5) is 8.92. The third-order valence-electron chi connectivity index (χ3n) is 3.28. The summed E-state index contributed by atoms with van der Waals surface area (Å²) in [6, 6.07) is 1.96. The average Bonchev–Trinajstić information content (AvgIpc) is 2.78. The van der Waals surface area contributed by atoms with Crippen molar-refractivity contribution >= 4 is 21.7 Å². The molecule has 0 bridgehead atoms. The highest BCUT2D eigenvalue weighted by atomic mass is 79.9. The molecule has 1 aliphatic rings. The number of anilines is 1. The molecule has 3 nitrogen and oxygen atoms in total. The van der Waals surface area contributed by atoms with Crippen molar-refractivity contribution in [3.05, 3.63) is 16.5 Å². The summed E-state index contributed by atoms with van der Waals surface area (Å²) >= 11 is 3.44. The van der Waals surface area contributed by atoms with E-state index in [0.717, 1.165) is 28.7 Å². The van der Waals surface area contributed by atoms with Crippen LogP contribution < -0.4 is 5.32 Å². The van der Waals surface area contributed by atoms with E-state index in [4.69, 9.17) is 0 Å². The van der Waals surface area contributed by atoms with Crippen molar-refractivity contribution in [1.29, 1.82) is 0 Å². The summed E-state index contributed by atoms with van der Waals surface area (Å²) in [5, 5.41) is 3.44. The van der Waals surface area contributed by atoms with Crippen LogP contribution in [0.3, 0.4) is 0 Å². The minimum Gasteiger partial charge on any atom is -0.370 e. The monoisotopic (exact) mass is 297 g/mol. The van der Waals surface area contributed by atoms with Gasteiger partial charge in [0.2, 0.25) is 0 Å². The van der Waals surface area contributed by atoms with Gasteiger partial charge in [-0.15, -0.1) is 0 Å². The van der Waals surface area contributed by atoms with E-state index in [1.807, 2.05) is 6.07 Å². The van der Waals surface area contributed by atoms with Gasteiger partial charge in [-0.25, -0.2) is 9.97 Å². The highest BCUT2D eigenvalue weighted by Gasteiger charge is 2.15. The van der Waals surface area contributed by atoms with Gasteiger partial charge in [0.15, 0.2) is 0 Å². The van der Waals surface area contributed by atoms with E-state index in [1.54, 1.807) is 0 Å². The third kappa shape index (κ3) is 3.66. The van der Waals surface area contributed by atoms with E-state index in [9.17, 15) is 0 Å². The summed E-state index contributed by atoms with van der Waals surface area (Å²) in [5.74, 6) is 3.03. The zero-order chi connectivity index (χ0) is 12.3. The lowest BCUT2D eigenvalue weighted by molar-refractivity contribution is 0.578. The molecule has 0 radical (unpaired) electrons. The molecule has 0 aromatic carbocycles. The summed E-state index contributed by atoms with van der Waals surface area (Å²) < 4.78 is 0.866.